The zero-order valence-electron chi connectivity index (χ0n) is 29.3. The Hall–Kier alpha value is -3.14. The Balaban J connectivity index is 4.12. The van der Waals surface area contributed by atoms with Gasteiger partial charge < -0.3 is 9.84 Å². The summed E-state index contributed by atoms with van der Waals surface area (Å²) >= 11 is 0. The lowest BCUT2D eigenvalue weighted by Crippen LogP contribution is -2.16. The second-order valence-corrected chi connectivity index (χ2v) is 11.6. The Morgan fingerprint density at radius 2 is 0.913 bits per heavy atom. The maximum absolute atomic E-state index is 12.5. The van der Waals surface area contributed by atoms with Crippen molar-refractivity contribution < 1.29 is 19.4 Å². The van der Waals surface area contributed by atoms with E-state index in [1.807, 2.05) is 6.08 Å². The molecule has 0 aliphatic carbocycles. The number of unbranched alkanes of at least 4 members (excludes halogenated alkanes) is 8. The summed E-state index contributed by atoms with van der Waals surface area (Å²) in [6.07, 6.45) is 54.3. The van der Waals surface area contributed by atoms with E-state index >= 15 is 0 Å². The van der Waals surface area contributed by atoms with Gasteiger partial charge in [0, 0.05) is 12.8 Å². The van der Waals surface area contributed by atoms with Crippen LogP contribution in [0.1, 0.15) is 149 Å². The van der Waals surface area contributed by atoms with Crippen molar-refractivity contribution in [2.75, 3.05) is 0 Å². The van der Waals surface area contributed by atoms with E-state index < -0.39 is 5.97 Å². The SMILES string of the molecule is CC/C=C\C/C=C\C/C=C\C/C=C\CCCCCCCCC(=O)OC(/C=C\C/C=C\C/C=C\C/C=C\CC)CCCCCC(=O)O. The highest BCUT2D eigenvalue weighted by Gasteiger charge is 2.11. The summed E-state index contributed by atoms with van der Waals surface area (Å²) in [6.45, 7) is 4.30. The van der Waals surface area contributed by atoms with Crippen molar-refractivity contribution in [1.82, 2.24) is 0 Å². The van der Waals surface area contributed by atoms with E-state index in [-0.39, 0.29) is 18.5 Å². The molecule has 0 spiro atoms. The maximum Gasteiger partial charge on any atom is 0.306 e. The number of carboxylic acids is 1. The van der Waals surface area contributed by atoms with Gasteiger partial charge in [-0.1, -0.05) is 137 Å². The van der Waals surface area contributed by atoms with Gasteiger partial charge in [-0.15, -0.1) is 0 Å². The van der Waals surface area contributed by atoms with Gasteiger partial charge in [-0.2, -0.15) is 0 Å². The summed E-state index contributed by atoms with van der Waals surface area (Å²) in [4.78, 5) is 23.3. The van der Waals surface area contributed by atoms with Gasteiger partial charge in [-0.05, 0) is 96.0 Å². The molecule has 0 rings (SSSR count). The molecule has 0 aromatic carbocycles. The normalized spacial score (nSPS) is 13.4. The Kier molecular flexibility index (Phi) is 33.8. The number of carboxylic acid groups (broad SMARTS) is 1. The van der Waals surface area contributed by atoms with Crippen molar-refractivity contribution in [3.8, 4) is 0 Å². The first-order chi connectivity index (χ1) is 22.6. The third-order valence-electron chi connectivity index (χ3n) is 7.29. The quantitative estimate of drug-likeness (QED) is 0.0468. The molecule has 0 saturated heterocycles. The van der Waals surface area contributed by atoms with Crippen LogP contribution in [0.3, 0.4) is 0 Å². The van der Waals surface area contributed by atoms with Crippen molar-refractivity contribution in [2.24, 2.45) is 0 Å². The van der Waals surface area contributed by atoms with Crippen LogP contribution in [0, 0.1) is 0 Å². The molecule has 46 heavy (non-hydrogen) atoms. The third kappa shape index (κ3) is 35.3. The first kappa shape index (κ1) is 42.9. The summed E-state index contributed by atoms with van der Waals surface area (Å²) in [7, 11) is 0. The van der Waals surface area contributed by atoms with E-state index in [1.165, 1.54) is 19.3 Å². The predicted octanol–water partition coefficient (Wildman–Crippen LogP) is 12.7. The van der Waals surface area contributed by atoms with Gasteiger partial charge in [0.1, 0.15) is 6.10 Å². The molecule has 0 heterocycles. The van der Waals surface area contributed by atoms with Crippen LogP contribution in [0.4, 0.5) is 0 Å². The van der Waals surface area contributed by atoms with E-state index in [2.05, 4.69) is 105 Å². The molecule has 1 atom stereocenters. The molecule has 0 aromatic heterocycles. The average Bonchev–Trinajstić information content (AvgIpc) is 3.04. The molecule has 0 fully saturated rings. The lowest BCUT2D eigenvalue weighted by atomic mass is 10.1. The number of aliphatic carboxylic acids is 1. The highest BCUT2D eigenvalue weighted by Crippen LogP contribution is 2.14. The van der Waals surface area contributed by atoms with Gasteiger partial charge in [0.25, 0.3) is 0 Å². The highest BCUT2D eigenvalue weighted by molar-refractivity contribution is 5.69. The zero-order chi connectivity index (χ0) is 33.6. The summed E-state index contributed by atoms with van der Waals surface area (Å²) in [5.41, 5.74) is 0. The summed E-state index contributed by atoms with van der Waals surface area (Å²) < 4.78 is 5.81. The van der Waals surface area contributed by atoms with Crippen LogP contribution in [-0.4, -0.2) is 23.1 Å². The molecule has 0 amide bonds. The van der Waals surface area contributed by atoms with E-state index in [1.54, 1.807) is 0 Å². The molecular formula is C42H66O4. The van der Waals surface area contributed by atoms with Gasteiger partial charge in [-0.3, -0.25) is 9.59 Å². The minimum absolute atomic E-state index is 0.127. The van der Waals surface area contributed by atoms with Crippen LogP contribution in [0.25, 0.3) is 0 Å². The van der Waals surface area contributed by atoms with Crippen molar-refractivity contribution in [3.05, 3.63) is 97.2 Å². The van der Waals surface area contributed by atoms with E-state index in [0.29, 0.717) is 12.8 Å². The first-order valence-corrected chi connectivity index (χ1v) is 18.2. The summed E-state index contributed by atoms with van der Waals surface area (Å²) in [5, 5.41) is 8.86. The molecule has 0 radical (unpaired) electrons. The largest absolute Gasteiger partial charge is 0.481 e. The minimum Gasteiger partial charge on any atom is -0.481 e. The minimum atomic E-state index is -0.757. The van der Waals surface area contributed by atoms with Crippen LogP contribution < -0.4 is 0 Å². The monoisotopic (exact) mass is 634 g/mol. The fourth-order valence-corrected chi connectivity index (χ4v) is 4.67. The van der Waals surface area contributed by atoms with Crippen LogP contribution in [0.5, 0.6) is 0 Å². The molecule has 4 nitrogen and oxygen atoms in total. The number of hydrogen-bond donors (Lipinski definition) is 1. The van der Waals surface area contributed by atoms with Crippen LogP contribution in [0.2, 0.25) is 0 Å². The summed E-state index contributed by atoms with van der Waals surface area (Å²) in [5.74, 6) is -0.884. The molecule has 0 aromatic rings. The Bertz CT molecular complexity index is 945. The molecule has 4 heteroatoms. The fourth-order valence-electron chi connectivity index (χ4n) is 4.67. The van der Waals surface area contributed by atoms with Crippen molar-refractivity contribution >= 4 is 11.9 Å². The van der Waals surface area contributed by atoms with E-state index in [9.17, 15) is 9.59 Å². The molecule has 0 saturated carbocycles. The second kappa shape index (κ2) is 36.3. The van der Waals surface area contributed by atoms with Gasteiger partial charge in [0.15, 0.2) is 0 Å². The standard InChI is InChI=1S/C42H66O4/c1-3-5-7-9-11-13-15-16-17-18-19-20-21-22-24-26-28-30-35-39-42(45)46-40(37-33-31-34-38-41(43)44)36-32-29-27-25-23-14-12-10-8-6-4-2/h5-8,11-14,16-17,19-20,25,27,32,36,40H,3-4,9-10,15,18,21-24,26,28-31,33-35,37-39H2,1-2H3,(H,43,44)/b7-5-,8-6-,13-11-,14-12-,17-16-,20-19-,27-25-,36-32-. The number of rotatable bonds is 31. The number of ether oxygens (including phenoxy) is 1. The smallest absolute Gasteiger partial charge is 0.306 e. The molecule has 0 bridgehead atoms. The number of allylic oxidation sites excluding steroid dienone is 15. The average molecular weight is 635 g/mol. The predicted molar refractivity (Wildman–Crippen MR) is 199 cm³/mol. The first-order valence-electron chi connectivity index (χ1n) is 18.2. The van der Waals surface area contributed by atoms with Crippen molar-refractivity contribution in [1.29, 1.82) is 0 Å². The zero-order valence-corrected chi connectivity index (χ0v) is 29.3. The third-order valence-corrected chi connectivity index (χ3v) is 7.29. The molecule has 1 N–H and O–H groups in total. The highest BCUT2D eigenvalue weighted by atomic mass is 16.5. The van der Waals surface area contributed by atoms with Gasteiger partial charge in [0.05, 0.1) is 0 Å². The molecular weight excluding hydrogens is 568 g/mol. The molecule has 1 unspecified atom stereocenters. The van der Waals surface area contributed by atoms with E-state index in [0.717, 1.165) is 96.3 Å². The van der Waals surface area contributed by atoms with Gasteiger partial charge in [-0.25, -0.2) is 0 Å². The molecule has 0 aliphatic heterocycles. The summed E-state index contributed by atoms with van der Waals surface area (Å²) in [6, 6.07) is 0. The molecule has 0 aliphatic rings. The van der Waals surface area contributed by atoms with Crippen LogP contribution in [-0.2, 0) is 14.3 Å². The Morgan fingerprint density at radius 1 is 0.500 bits per heavy atom. The second-order valence-electron chi connectivity index (χ2n) is 11.6. The molecule has 258 valence electrons. The number of carbonyl (C=O) groups is 2. The van der Waals surface area contributed by atoms with Crippen LogP contribution in [0.15, 0.2) is 97.2 Å². The lowest BCUT2D eigenvalue weighted by molar-refractivity contribution is -0.147. The van der Waals surface area contributed by atoms with Gasteiger partial charge in [0.2, 0.25) is 0 Å². The number of esters is 1. The van der Waals surface area contributed by atoms with E-state index in [4.69, 9.17) is 9.84 Å². The van der Waals surface area contributed by atoms with Crippen LogP contribution >= 0.6 is 0 Å². The maximum atomic E-state index is 12.5. The topological polar surface area (TPSA) is 63.6 Å². The lowest BCUT2D eigenvalue weighted by Gasteiger charge is -2.14. The number of hydrogen-bond acceptors (Lipinski definition) is 3. The fraction of sp³-hybridized carbons (Fsp3) is 0.571. The van der Waals surface area contributed by atoms with Gasteiger partial charge >= 0.3 is 11.9 Å². The number of carbonyl (C=O) groups excluding carboxylic acids is 1. The Labute approximate surface area is 282 Å². The Morgan fingerprint density at radius 3 is 1.43 bits per heavy atom. The van der Waals surface area contributed by atoms with Crippen molar-refractivity contribution in [3.63, 3.8) is 0 Å². The van der Waals surface area contributed by atoms with Crippen molar-refractivity contribution in [2.45, 2.75) is 155 Å².